The van der Waals surface area contributed by atoms with Gasteiger partial charge in [0.15, 0.2) is 0 Å². The second-order valence-electron chi connectivity index (χ2n) is 7.23. The maximum Gasteiger partial charge on any atom is 0.243 e. The summed E-state index contributed by atoms with van der Waals surface area (Å²) in [5.41, 5.74) is 1.19. The van der Waals surface area contributed by atoms with Crippen molar-refractivity contribution in [1.29, 1.82) is 0 Å². The Labute approximate surface area is 170 Å². The van der Waals surface area contributed by atoms with Crippen LogP contribution in [0.25, 0.3) is 0 Å². The first-order chi connectivity index (χ1) is 13.6. The molecule has 1 N–H and O–H groups in total. The number of carbonyl (C=O) groups is 1. The van der Waals surface area contributed by atoms with Gasteiger partial charge in [0.25, 0.3) is 0 Å². The van der Waals surface area contributed by atoms with E-state index in [0.717, 1.165) is 12.2 Å². The predicted octanol–water partition coefficient (Wildman–Crippen LogP) is 3.44. The van der Waals surface area contributed by atoms with Crippen molar-refractivity contribution in [2.45, 2.75) is 35.1 Å². The van der Waals surface area contributed by atoms with Crippen LogP contribution in [0.4, 0.5) is 0 Å². The van der Waals surface area contributed by atoms with Crippen molar-refractivity contribution in [3.63, 3.8) is 0 Å². The van der Waals surface area contributed by atoms with Gasteiger partial charge in [-0.2, -0.15) is 4.31 Å². The van der Waals surface area contributed by atoms with E-state index in [1.165, 1.54) is 14.8 Å². The normalized spacial score (nSPS) is 21.1. The number of amides is 1. The monoisotopic (exact) mass is 416 g/mol. The molecule has 0 radical (unpaired) electrons. The second-order valence-corrected chi connectivity index (χ2v) is 10.3. The summed E-state index contributed by atoms with van der Waals surface area (Å²) in [4.78, 5) is 14.4. The summed E-state index contributed by atoms with van der Waals surface area (Å²) in [6, 6.07) is 16.8. The largest absolute Gasteiger partial charge is 0.349 e. The van der Waals surface area contributed by atoms with Gasteiger partial charge in [-0.1, -0.05) is 36.4 Å². The molecule has 0 aliphatic carbocycles. The Bertz CT molecular complexity index is 939. The molecule has 5 nitrogen and oxygen atoms in total. The third-order valence-electron chi connectivity index (χ3n) is 5.48. The summed E-state index contributed by atoms with van der Waals surface area (Å²) in [6.45, 7) is 0.763. The molecular formula is C21H24N2O3S2. The van der Waals surface area contributed by atoms with Crippen LogP contribution in [0.2, 0.25) is 0 Å². The molecule has 28 heavy (non-hydrogen) atoms. The van der Waals surface area contributed by atoms with Gasteiger partial charge in [-0.25, -0.2) is 8.42 Å². The smallest absolute Gasteiger partial charge is 0.243 e. The third-order valence-corrected chi connectivity index (χ3v) is 8.52. The number of piperidine rings is 1. The maximum absolute atomic E-state index is 12.8. The Kier molecular flexibility index (Phi) is 5.75. The van der Waals surface area contributed by atoms with Crippen molar-refractivity contribution in [3.8, 4) is 0 Å². The highest BCUT2D eigenvalue weighted by atomic mass is 32.2. The van der Waals surface area contributed by atoms with E-state index in [2.05, 4.69) is 17.4 Å². The highest BCUT2D eigenvalue weighted by molar-refractivity contribution is 7.99. The van der Waals surface area contributed by atoms with E-state index in [9.17, 15) is 13.2 Å². The standard InChI is InChI=1S/C21H24N2O3S2/c24-21(22-19-12-15-27-20-9-5-4-8-18(19)20)16-10-13-23(14-11-16)28(25,26)17-6-2-1-3-7-17/h1-9,16,19H,10-15H2,(H,22,24). The number of benzene rings is 2. The second kappa shape index (κ2) is 8.27. The lowest BCUT2D eigenvalue weighted by Gasteiger charge is -2.32. The number of nitrogens with one attached hydrogen (secondary N) is 1. The molecule has 1 saturated heterocycles. The molecule has 1 amide bonds. The van der Waals surface area contributed by atoms with Crippen LogP contribution in [-0.4, -0.2) is 37.5 Å². The number of fused-ring (bicyclic) bond motifs is 1. The summed E-state index contributed by atoms with van der Waals surface area (Å²) >= 11 is 1.83. The molecule has 2 heterocycles. The van der Waals surface area contributed by atoms with Crippen molar-refractivity contribution < 1.29 is 13.2 Å². The molecule has 1 unspecified atom stereocenters. The molecule has 7 heteroatoms. The van der Waals surface area contributed by atoms with E-state index in [1.807, 2.05) is 23.9 Å². The fraction of sp³-hybridized carbons (Fsp3) is 0.381. The topological polar surface area (TPSA) is 66.5 Å². The van der Waals surface area contributed by atoms with Gasteiger partial charge >= 0.3 is 0 Å². The Hall–Kier alpha value is -1.83. The SMILES string of the molecule is O=C(NC1CCSc2ccccc21)C1CCN(S(=O)(=O)c2ccccc2)CC1. The van der Waals surface area contributed by atoms with Gasteiger partial charge in [-0.05, 0) is 43.0 Å². The fourth-order valence-corrected chi connectivity index (χ4v) is 6.50. The zero-order valence-electron chi connectivity index (χ0n) is 15.6. The van der Waals surface area contributed by atoms with E-state index < -0.39 is 10.0 Å². The van der Waals surface area contributed by atoms with E-state index in [4.69, 9.17) is 0 Å². The van der Waals surface area contributed by atoms with Gasteiger partial charge in [0.2, 0.25) is 15.9 Å². The van der Waals surface area contributed by atoms with Crippen LogP contribution in [-0.2, 0) is 14.8 Å². The molecule has 0 aromatic heterocycles. The number of hydrogen-bond acceptors (Lipinski definition) is 4. The molecule has 0 spiro atoms. The minimum Gasteiger partial charge on any atom is -0.349 e. The summed E-state index contributed by atoms with van der Waals surface area (Å²) in [5.74, 6) is 0.905. The Balaban J connectivity index is 1.37. The van der Waals surface area contributed by atoms with Crippen LogP contribution in [0, 0.1) is 5.92 Å². The minimum atomic E-state index is -3.48. The van der Waals surface area contributed by atoms with Crippen LogP contribution in [0.1, 0.15) is 30.9 Å². The predicted molar refractivity (Wildman–Crippen MR) is 111 cm³/mol. The Morgan fingerprint density at radius 2 is 1.64 bits per heavy atom. The molecule has 1 fully saturated rings. The number of rotatable bonds is 4. The lowest BCUT2D eigenvalue weighted by Crippen LogP contribution is -2.44. The fourth-order valence-electron chi connectivity index (χ4n) is 3.88. The zero-order chi connectivity index (χ0) is 19.6. The summed E-state index contributed by atoms with van der Waals surface area (Å²) in [5, 5.41) is 3.21. The molecule has 0 bridgehead atoms. The lowest BCUT2D eigenvalue weighted by molar-refractivity contribution is -0.126. The van der Waals surface area contributed by atoms with E-state index in [1.54, 1.807) is 30.3 Å². The van der Waals surface area contributed by atoms with Crippen LogP contribution in [0.15, 0.2) is 64.4 Å². The average Bonchev–Trinajstić information content (AvgIpc) is 2.75. The van der Waals surface area contributed by atoms with Gasteiger partial charge in [0.05, 0.1) is 10.9 Å². The van der Waals surface area contributed by atoms with Gasteiger partial charge in [-0.15, -0.1) is 11.8 Å². The summed E-state index contributed by atoms with van der Waals surface area (Å²) in [6.07, 6.45) is 2.04. The minimum absolute atomic E-state index is 0.0449. The van der Waals surface area contributed by atoms with E-state index >= 15 is 0 Å². The van der Waals surface area contributed by atoms with Crippen LogP contribution in [0.5, 0.6) is 0 Å². The molecule has 1 atom stereocenters. The van der Waals surface area contributed by atoms with Gasteiger partial charge in [-0.3, -0.25) is 4.79 Å². The van der Waals surface area contributed by atoms with Crippen molar-refractivity contribution in [3.05, 3.63) is 60.2 Å². The summed E-state index contributed by atoms with van der Waals surface area (Å²) in [7, 11) is -3.48. The van der Waals surface area contributed by atoms with Crippen molar-refractivity contribution in [2.24, 2.45) is 5.92 Å². The van der Waals surface area contributed by atoms with Crippen LogP contribution in [0.3, 0.4) is 0 Å². The number of hydrogen-bond donors (Lipinski definition) is 1. The highest BCUT2D eigenvalue weighted by Gasteiger charge is 2.33. The van der Waals surface area contributed by atoms with Crippen LogP contribution >= 0.6 is 11.8 Å². The summed E-state index contributed by atoms with van der Waals surface area (Å²) < 4.78 is 27.0. The lowest BCUT2D eigenvalue weighted by atomic mass is 9.95. The van der Waals surface area contributed by atoms with Crippen molar-refractivity contribution in [2.75, 3.05) is 18.8 Å². The quantitative estimate of drug-likeness (QED) is 0.829. The first-order valence-electron chi connectivity index (χ1n) is 9.63. The van der Waals surface area contributed by atoms with Gasteiger partial charge in [0.1, 0.15) is 0 Å². The first-order valence-corrected chi connectivity index (χ1v) is 12.1. The number of nitrogens with zero attached hydrogens (tertiary/aromatic N) is 1. The zero-order valence-corrected chi connectivity index (χ0v) is 17.2. The molecule has 2 aliphatic rings. The van der Waals surface area contributed by atoms with Gasteiger partial charge in [0, 0.05) is 29.7 Å². The number of carbonyl (C=O) groups excluding carboxylic acids is 1. The van der Waals surface area contributed by atoms with Crippen molar-refractivity contribution in [1.82, 2.24) is 9.62 Å². The molecule has 2 aliphatic heterocycles. The Morgan fingerprint density at radius 1 is 0.964 bits per heavy atom. The molecular weight excluding hydrogens is 392 g/mol. The van der Waals surface area contributed by atoms with E-state index in [0.29, 0.717) is 30.8 Å². The maximum atomic E-state index is 12.8. The molecule has 0 saturated carbocycles. The van der Waals surface area contributed by atoms with Crippen molar-refractivity contribution >= 4 is 27.7 Å². The molecule has 2 aromatic carbocycles. The van der Waals surface area contributed by atoms with Gasteiger partial charge < -0.3 is 5.32 Å². The highest BCUT2D eigenvalue weighted by Crippen LogP contribution is 2.36. The molecule has 2 aromatic rings. The Morgan fingerprint density at radius 3 is 2.39 bits per heavy atom. The molecule has 148 valence electrons. The number of sulfonamides is 1. The first kappa shape index (κ1) is 19.5. The number of thioether (sulfide) groups is 1. The average molecular weight is 417 g/mol. The third kappa shape index (κ3) is 3.97. The van der Waals surface area contributed by atoms with E-state index in [-0.39, 0.29) is 17.9 Å². The van der Waals surface area contributed by atoms with Crippen LogP contribution < -0.4 is 5.32 Å². The molecule has 4 rings (SSSR count).